The number of fused-ring (bicyclic) bond motifs is 4. The molecule has 0 saturated carbocycles. The average Bonchev–Trinajstić information content (AvgIpc) is 2.60. The molecule has 0 unspecified atom stereocenters. The van der Waals surface area contributed by atoms with E-state index in [9.17, 15) is 0 Å². The largest absolute Gasteiger partial charge is 0.375 e. The second kappa shape index (κ2) is 3.55. The van der Waals surface area contributed by atoms with Gasteiger partial charge in [-0.1, -0.05) is 37.3 Å². The van der Waals surface area contributed by atoms with E-state index in [0.29, 0.717) is 26.4 Å². The zero-order valence-corrected chi connectivity index (χ0v) is 9.44. The molecule has 3 nitrogen and oxygen atoms in total. The van der Waals surface area contributed by atoms with Gasteiger partial charge in [0.05, 0.1) is 19.8 Å². The fourth-order valence-electron chi connectivity index (χ4n) is 2.21. The van der Waals surface area contributed by atoms with Crippen molar-refractivity contribution in [2.24, 2.45) is 5.41 Å². The van der Waals surface area contributed by atoms with Gasteiger partial charge in [-0.15, -0.1) is 0 Å². The highest BCUT2D eigenvalue weighted by Crippen LogP contribution is 2.40. The van der Waals surface area contributed by atoms with E-state index in [2.05, 4.69) is 6.92 Å². The smallest absolute Gasteiger partial charge is 0.219 e. The molecule has 16 heavy (non-hydrogen) atoms. The molecule has 3 saturated heterocycles. The van der Waals surface area contributed by atoms with Crippen LogP contribution in [0.2, 0.25) is 0 Å². The molecular formula is C13H16O3. The molecule has 1 aromatic rings. The molecule has 0 N–H and O–H groups in total. The molecule has 1 aromatic carbocycles. The van der Waals surface area contributed by atoms with Crippen LogP contribution in [0, 0.1) is 5.41 Å². The monoisotopic (exact) mass is 220 g/mol. The van der Waals surface area contributed by atoms with Gasteiger partial charge in [-0.25, -0.2) is 0 Å². The summed E-state index contributed by atoms with van der Waals surface area (Å²) in [6.07, 6.45) is 0. The third-order valence-electron chi connectivity index (χ3n) is 3.26. The van der Waals surface area contributed by atoms with Crippen LogP contribution in [-0.2, 0) is 20.0 Å². The third kappa shape index (κ3) is 1.56. The quantitative estimate of drug-likeness (QED) is 0.723. The molecule has 0 aliphatic carbocycles. The summed E-state index contributed by atoms with van der Waals surface area (Å²) in [4.78, 5) is 0. The Balaban J connectivity index is 1.95. The van der Waals surface area contributed by atoms with Crippen LogP contribution in [0.4, 0.5) is 0 Å². The van der Waals surface area contributed by atoms with Crippen molar-refractivity contribution in [2.45, 2.75) is 12.7 Å². The molecule has 0 spiro atoms. The minimum Gasteiger partial charge on any atom is -0.375 e. The summed E-state index contributed by atoms with van der Waals surface area (Å²) in [5.74, 6) is -0.683. The van der Waals surface area contributed by atoms with Crippen LogP contribution in [0.25, 0.3) is 0 Å². The van der Waals surface area contributed by atoms with Crippen LogP contribution in [0.3, 0.4) is 0 Å². The Kier molecular flexibility index (Phi) is 2.28. The molecule has 3 heterocycles. The number of hydrogen-bond acceptors (Lipinski definition) is 3. The first-order valence-corrected chi connectivity index (χ1v) is 5.64. The number of hydrogen-bond donors (Lipinski definition) is 0. The normalized spacial score (nSPS) is 38.3. The molecule has 3 fully saturated rings. The molecule has 0 atom stereocenters. The minimum absolute atomic E-state index is 0.00871. The number of benzene rings is 1. The average molecular weight is 220 g/mol. The summed E-state index contributed by atoms with van der Waals surface area (Å²) in [7, 11) is 0. The maximum atomic E-state index is 5.93. The molecule has 0 radical (unpaired) electrons. The fourth-order valence-corrected chi connectivity index (χ4v) is 2.21. The van der Waals surface area contributed by atoms with Crippen LogP contribution < -0.4 is 0 Å². The van der Waals surface area contributed by atoms with Crippen molar-refractivity contribution in [3.63, 3.8) is 0 Å². The highest BCUT2D eigenvalue weighted by atomic mass is 16.7. The van der Waals surface area contributed by atoms with Gasteiger partial charge in [-0.3, -0.25) is 0 Å². The number of ether oxygens (including phenoxy) is 3. The van der Waals surface area contributed by atoms with Gasteiger partial charge in [-0.05, 0) is 0 Å². The Labute approximate surface area is 95.3 Å². The summed E-state index contributed by atoms with van der Waals surface area (Å²) >= 11 is 0. The summed E-state index contributed by atoms with van der Waals surface area (Å²) in [6.45, 7) is 4.71. The lowest BCUT2D eigenvalue weighted by Gasteiger charge is -2.39. The molecule has 4 rings (SSSR count). The highest BCUT2D eigenvalue weighted by Gasteiger charge is 2.47. The first-order chi connectivity index (χ1) is 7.73. The summed E-state index contributed by atoms with van der Waals surface area (Å²) in [6, 6.07) is 10.0. The maximum absolute atomic E-state index is 5.93. The molecular weight excluding hydrogens is 204 g/mol. The van der Waals surface area contributed by atoms with E-state index in [1.165, 1.54) is 0 Å². The lowest BCUT2D eigenvalue weighted by Crippen LogP contribution is -2.46. The minimum atomic E-state index is -0.683. The summed E-state index contributed by atoms with van der Waals surface area (Å²) in [5.41, 5.74) is 1.05. The Morgan fingerprint density at radius 3 is 2.31 bits per heavy atom. The molecule has 0 aromatic heterocycles. The maximum Gasteiger partial charge on any atom is 0.219 e. The zero-order valence-electron chi connectivity index (χ0n) is 9.44. The zero-order chi connectivity index (χ0) is 11.1. The Morgan fingerprint density at radius 1 is 0.938 bits per heavy atom. The van der Waals surface area contributed by atoms with Gasteiger partial charge in [0.1, 0.15) is 6.61 Å². The SMILES string of the molecule is CC12COCC(c3ccccc3)(OC1)OC2. The van der Waals surface area contributed by atoms with Gasteiger partial charge in [0.25, 0.3) is 0 Å². The Morgan fingerprint density at radius 2 is 1.62 bits per heavy atom. The number of rotatable bonds is 1. The van der Waals surface area contributed by atoms with E-state index in [0.717, 1.165) is 5.56 Å². The van der Waals surface area contributed by atoms with Gasteiger partial charge in [-0.2, -0.15) is 0 Å². The standard InChI is InChI=1S/C13H16O3/c1-12-7-14-10-13(15-8-12,16-9-12)11-5-3-2-4-6-11/h2-6H,7-10H2,1H3. The van der Waals surface area contributed by atoms with E-state index in [4.69, 9.17) is 14.2 Å². The van der Waals surface area contributed by atoms with Crippen molar-refractivity contribution < 1.29 is 14.2 Å². The fraction of sp³-hybridized carbons (Fsp3) is 0.538. The molecule has 86 valence electrons. The Hall–Kier alpha value is -0.900. The van der Waals surface area contributed by atoms with Crippen molar-refractivity contribution in [1.82, 2.24) is 0 Å². The van der Waals surface area contributed by atoms with Crippen LogP contribution in [0.15, 0.2) is 30.3 Å². The Bertz CT molecular complexity index is 366. The first-order valence-electron chi connectivity index (χ1n) is 5.64. The van der Waals surface area contributed by atoms with Crippen molar-refractivity contribution in [3.8, 4) is 0 Å². The molecule has 2 bridgehead atoms. The highest BCUT2D eigenvalue weighted by molar-refractivity contribution is 5.21. The van der Waals surface area contributed by atoms with Crippen molar-refractivity contribution in [2.75, 3.05) is 26.4 Å². The third-order valence-corrected chi connectivity index (χ3v) is 3.26. The van der Waals surface area contributed by atoms with Gasteiger partial charge >= 0.3 is 0 Å². The van der Waals surface area contributed by atoms with Crippen LogP contribution in [0.1, 0.15) is 12.5 Å². The topological polar surface area (TPSA) is 27.7 Å². The van der Waals surface area contributed by atoms with Gasteiger partial charge in [0.2, 0.25) is 5.79 Å². The van der Waals surface area contributed by atoms with Crippen LogP contribution in [0.5, 0.6) is 0 Å². The predicted octanol–water partition coefficient (Wildman–Crippen LogP) is 1.92. The molecule has 3 heteroatoms. The second-order valence-electron chi connectivity index (χ2n) is 5.00. The van der Waals surface area contributed by atoms with E-state index < -0.39 is 5.79 Å². The van der Waals surface area contributed by atoms with Crippen molar-refractivity contribution >= 4 is 0 Å². The van der Waals surface area contributed by atoms with Gasteiger partial charge in [0.15, 0.2) is 0 Å². The first kappa shape index (κ1) is 10.3. The van der Waals surface area contributed by atoms with E-state index in [1.54, 1.807) is 0 Å². The molecule has 3 aliphatic heterocycles. The summed E-state index contributed by atoms with van der Waals surface area (Å²) in [5, 5.41) is 0. The van der Waals surface area contributed by atoms with Gasteiger partial charge < -0.3 is 14.2 Å². The van der Waals surface area contributed by atoms with Crippen molar-refractivity contribution in [1.29, 1.82) is 0 Å². The lowest BCUT2D eigenvalue weighted by atomic mass is 9.93. The van der Waals surface area contributed by atoms with Crippen molar-refractivity contribution in [3.05, 3.63) is 35.9 Å². The van der Waals surface area contributed by atoms with Crippen LogP contribution >= 0.6 is 0 Å². The van der Waals surface area contributed by atoms with E-state index >= 15 is 0 Å². The van der Waals surface area contributed by atoms with E-state index in [1.807, 2.05) is 30.3 Å². The lowest BCUT2D eigenvalue weighted by molar-refractivity contribution is -0.298. The predicted molar refractivity (Wildman–Crippen MR) is 59.0 cm³/mol. The molecule has 0 amide bonds. The van der Waals surface area contributed by atoms with Gasteiger partial charge in [0, 0.05) is 11.0 Å². The second-order valence-corrected chi connectivity index (χ2v) is 5.00. The van der Waals surface area contributed by atoms with Crippen LogP contribution in [-0.4, -0.2) is 26.4 Å². The van der Waals surface area contributed by atoms with E-state index in [-0.39, 0.29) is 5.41 Å². The summed E-state index contributed by atoms with van der Waals surface area (Å²) < 4.78 is 17.6. The molecule has 3 aliphatic rings.